The summed E-state index contributed by atoms with van der Waals surface area (Å²) in [6.45, 7) is 0. The molecule has 0 spiro atoms. The van der Waals surface area contributed by atoms with Crippen LogP contribution in [0.2, 0.25) is 0 Å². The van der Waals surface area contributed by atoms with Crippen LogP contribution in [0.15, 0.2) is 53.3 Å². The molecule has 0 bridgehead atoms. The minimum atomic E-state index is -0.639. The number of benzene rings is 2. The number of nitrogens with one attached hydrogen (secondary N) is 2. The molecule has 0 unspecified atom stereocenters. The van der Waals surface area contributed by atoms with Crippen LogP contribution in [0, 0.1) is 0 Å². The Balaban J connectivity index is 1.92. The first-order valence-electron chi connectivity index (χ1n) is 7.18. The van der Waals surface area contributed by atoms with E-state index < -0.39 is 5.91 Å². The molecular weight excluding hydrogens is 294 g/mol. The molecule has 1 amide bonds. The molecule has 0 radical (unpaired) electrons. The number of aromatic nitrogens is 2. The van der Waals surface area contributed by atoms with Crippen molar-refractivity contribution in [1.82, 2.24) is 15.4 Å². The lowest BCUT2D eigenvalue weighted by molar-refractivity contribution is 0.0706. The van der Waals surface area contributed by atoms with Gasteiger partial charge in [-0.1, -0.05) is 30.3 Å². The molecule has 6 heteroatoms. The first-order chi connectivity index (χ1) is 11.2. The largest absolute Gasteiger partial charge is 0.310 e. The van der Waals surface area contributed by atoms with Crippen molar-refractivity contribution >= 4 is 16.8 Å². The van der Waals surface area contributed by atoms with Gasteiger partial charge in [0.1, 0.15) is 5.82 Å². The molecule has 116 valence electrons. The second-order valence-corrected chi connectivity index (χ2v) is 5.17. The van der Waals surface area contributed by atoms with Crippen molar-refractivity contribution in [2.24, 2.45) is 0 Å². The molecule has 0 atom stereocenters. The van der Waals surface area contributed by atoms with Gasteiger partial charge in [0.15, 0.2) is 0 Å². The lowest BCUT2D eigenvalue weighted by Crippen LogP contribution is -2.19. The van der Waals surface area contributed by atoms with Crippen LogP contribution in [0.4, 0.5) is 0 Å². The molecule has 0 aliphatic carbocycles. The highest BCUT2D eigenvalue weighted by molar-refractivity contribution is 5.96. The monoisotopic (exact) mass is 309 g/mol. The van der Waals surface area contributed by atoms with E-state index in [0.717, 1.165) is 12.0 Å². The molecular formula is C17H15N3O3. The van der Waals surface area contributed by atoms with Crippen LogP contribution in [0.3, 0.4) is 0 Å². The van der Waals surface area contributed by atoms with E-state index in [1.54, 1.807) is 5.48 Å². The van der Waals surface area contributed by atoms with E-state index in [4.69, 9.17) is 5.21 Å². The second-order valence-electron chi connectivity index (χ2n) is 5.17. The third-order valence-electron chi connectivity index (χ3n) is 3.61. The zero-order chi connectivity index (χ0) is 16.2. The molecule has 0 aliphatic rings. The van der Waals surface area contributed by atoms with Crippen LogP contribution in [0.5, 0.6) is 0 Å². The molecule has 0 aliphatic heterocycles. The molecule has 1 aromatic heterocycles. The minimum absolute atomic E-state index is 0.242. The van der Waals surface area contributed by atoms with Gasteiger partial charge in [-0.15, -0.1) is 0 Å². The number of aryl methyl sites for hydroxylation is 2. The number of carbonyl (C=O) groups excluding carboxylic acids is 1. The molecule has 3 rings (SSSR count). The van der Waals surface area contributed by atoms with Gasteiger partial charge in [-0.3, -0.25) is 14.8 Å². The maximum Gasteiger partial charge on any atom is 0.274 e. The number of hydrogen-bond donors (Lipinski definition) is 3. The van der Waals surface area contributed by atoms with Crippen molar-refractivity contribution in [2.75, 3.05) is 0 Å². The summed E-state index contributed by atoms with van der Waals surface area (Å²) in [5, 5.41) is 9.10. The van der Waals surface area contributed by atoms with Crippen molar-refractivity contribution in [3.05, 3.63) is 75.8 Å². The van der Waals surface area contributed by atoms with E-state index in [2.05, 4.69) is 9.97 Å². The highest BCUT2D eigenvalue weighted by Crippen LogP contribution is 2.11. The predicted octanol–water partition coefficient (Wildman–Crippen LogP) is 1.83. The predicted molar refractivity (Wildman–Crippen MR) is 85.5 cm³/mol. The molecule has 3 aromatic rings. The van der Waals surface area contributed by atoms with Crippen molar-refractivity contribution in [1.29, 1.82) is 0 Å². The topological polar surface area (TPSA) is 95.1 Å². The summed E-state index contributed by atoms with van der Waals surface area (Å²) in [4.78, 5) is 30.8. The third-order valence-corrected chi connectivity index (χ3v) is 3.61. The summed E-state index contributed by atoms with van der Waals surface area (Å²) in [6, 6.07) is 14.4. The van der Waals surface area contributed by atoms with Gasteiger partial charge in [-0.25, -0.2) is 10.5 Å². The quantitative estimate of drug-likeness (QED) is 0.506. The molecule has 0 saturated carbocycles. The van der Waals surface area contributed by atoms with Crippen LogP contribution in [-0.2, 0) is 12.8 Å². The molecule has 6 nitrogen and oxygen atoms in total. The number of fused-ring (bicyclic) bond motifs is 1. The Morgan fingerprint density at radius 3 is 2.65 bits per heavy atom. The van der Waals surface area contributed by atoms with E-state index in [0.29, 0.717) is 23.1 Å². The fourth-order valence-electron chi connectivity index (χ4n) is 2.42. The molecule has 0 saturated heterocycles. The normalized spacial score (nSPS) is 10.7. The Hall–Kier alpha value is -2.99. The lowest BCUT2D eigenvalue weighted by atomic mass is 10.1. The van der Waals surface area contributed by atoms with E-state index in [-0.39, 0.29) is 11.1 Å². The van der Waals surface area contributed by atoms with Crippen molar-refractivity contribution in [3.63, 3.8) is 0 Å². The molecule has 2 aromatic carbocycles. The molecule has 23 heavy (non-hydrogen) atoms. The number of hydroxylamine groups is 1. The number of H-pyrrole nitrogens is 1. The van der Waals surface area contributed by atoms with Gasteiger partial charge in [0.25, 0.3) is 11.5 Å². The van der Waals surface area contributed by atoms with Crippen LogP contribution >= 0.6 is 0 Å². The zero-order valence-electron chi connectivity index (χ0n) is 12.2. The number of carbonyl (C=O) groups is 1. The smallest absolute Gasteiger partial charge is 0.274 e. The summed E-state index contributed by atoms with van der Waals surface area (Å²) < 4.78 is 0. The average Bonchev–Trinajstić information content (AvgIpc) is 2.59. The Labute approximate surface area is 131 Å². The van der Waals surface area contributed by atoms with E-state index in [1.165, 1.54) is 18.2 Å². The minimum Gasteiger partial charge on any atom is -0.310 e. The fraction of sp³-hybridized carbons (Fsp3) is 0.118. The van der Waals surface area contributed by atoms with Gasteiger partial charge in [0, 0.05) is 12.0 Å². The zero-order valence-corrected chi connectivity index (χ0v) is 12.2. The summed E-state index contributed by atoms with van der Waals surface area (Å²) >= 11 is 0. The first kappa shape index (κ1) is 14.9. The molecule has 1 heterocycles. The number of rotatable bonds is 4. The highest BCUT2D eigenvalue weighted by atomic mass is 16.5. The Bertz CT molecular complexity index is 904. The van der Waals surface area contributed by atoms with E-state index in [9.17, 15) is 9.59 Å². The third kappa shape index (κ3) is 3.27. The first-order valence-corrected chi connectivity index (χ1v) is 7.18. The summed E-state index contributed by atoms with van der Waals surface area (Å²) in [5.41, 5.74) is 3.16. The average molecular weight is 309 g/mol. The van der Waals surface area contributed by atoms with Gasteiger partial charge in [0.2, 0.25) is 0 Å². The number of amides is 1. The highest BCUT2D eigenvalue weighted by Gasteiger charge is 2.09. The van der Waals surface area contributed by atoms with Gasteiger partial charge < -0.3 is 4.98 Å². The molecule has 3 N–H and O–H groups in total. The van der Waals surface area contributed by atoms with Gasteiger partial charge in [0.05, 0.1) is 10.9 Å². The van der Waals surface area contributed by atoms with Crippen molar-refractivity contribution in [2.45, 2.75) is 12.8 Å². The van der Waals surface area contributed by atoms with Crippen LogP contribution in [0.1, 0.15) is 21.7 Å². The Morgan fingerprint density at radius 1 is 1.13 bits per heavy atom. The van der Waals surface area contributed by atoms with E-state index in [1.807, 2.05) is 30.3 Å². The van der Waals surface area contributed by atoms with Crippen molar-refractivity contribution < 1.29 is 10.0 Å². The van der Waals surface area contributed by atoms with Gasteiger partial charge in [-0.05, 0) is 30.2 Å². The second kappa shape index (κ2) is 6.41. The van der Waals surface area contributed by atoms with Crippen LogP contribution in [0.25, 0.3) is 10.9 Å². The standard InChI is InChI=1S/C17H15N3O3/c21-16(20-23)12-7-8-13-14(10-12)18-15(19-17(13)22)9-6-11-4-2-1-3-5-11/h1-5,7-8,10,23H,6,9H2,(H,20,21)(H,18,19,22). The van der Waals surface area contributed by atoms with Crippen molar-refractivity contribution in [3.8, 4) is 0 Å². The van der Waals surface area contributed by atoms with Crippen LogP contribution in [-0.4, -0.2) is 21.1 Å². The van der Waals surface area contributed by atoms with Gasteiger partial charge in [-0.2, -0.15) is 0 Å². The molecule has 0 fully saturated rings. The Morgan fingerprint density at radius 2 is 1.91 bits per heavy atom. The maximum atomic E-state index is 12.1. The summed E-state index contributed by atoms with van der Waals surface area (Å²) in [6.07, 6.45) is 1.34. The fourth-order valence-corrected chi connectivity index (χ4v) is 2.42. The SMILES string of the molecule is O=C(NO)c1ccc2c(=O)[nH]c(CCc3ccccc3)nc2c1. The lowest BCUT2D eigenvalue weighted by Gasteiger charge is -2.05. The Kier molecular flexibility index (Phi) is 4.16. The summed E-state index contributed by atoms with van der Waals surface area (Å²) in [7, 11) is 0. The number of hydrogen-bond acceptors (Lipinski definition) is 4. The summed E-state index contributed by atoms with van der Waals surface area (Å²) in [5.74, 6) is -0.0762. The number of nitrogens with zero attached hydrogens (tertiary/aromatic N) is 1. The number of aromatic amines is 1. The van der Waals surface area contributed by atoms with Crippen LogP contribution < -0.4 is 11.0 Å². The van der Waals surface area contributed by atoms with Gasteiger partial charge >= 0.3 is 0 Å². The van der Waals surface area contributed by atoms with E-state index >= 15 is 0 Å². The maximum absolute atomic E-state index is 12.1.